The van der Waals surface area contributed by atoms with Crippen LogP contribution in [0.2, 0.25) is 0 Å². The molecule has 0 bridgehead atoms. The van der Waals surface area contributed by atoms with Gasteiger partial charge in [0, 0.05) is 52.7 Å². The van der Waals surface area contributed by atoms with Crippen molar-refractivity contribution in [3.05, 3.63) is 0 Å². The third-order valence-corrected chi connectivity index (χ3v) is 6.02. The summed E-state index contributed by atoms with van der Waals surface area (Å²) in [5, 5.41) is 6.40. The van der Waals surface area contributed by atoms with Crippen LogP contribution in [0.4, 0.5) is 0 Å². The van der Waals surface area contributed by atoms with Gasteiger partial charge in [-0.1, -0.05) is 0 Å². The van der Waals surface area contributed by atoms with E-state index >= 15 is 0 Å². The van der Waals surface area contributed by atoms with Crippen LogP contribution in [-0.2, 0) is 14.8 Å². The van der Waals surface area contributed by atoms with E-state index in [-0.39, 0.29) is 35.6 Å². The standard InChI is InChI=1S/C16H33N5O3S.HI/c1-4-17-16(18-10-7-12-20(3)25(23,24)5-2)19-11-8-14-21-13-6-9-15(21)22;/h4-14H2,1-3H3,(H2,17,18,19);1H. The van der Waals surface area contributed by atoms with Gasteiger partial charge in [-0.05, 0) is 33.1 Å². The molecule has 1 aliphatic heterocycles. The van der Waals surface area contributed by atoms with E-state index in [1.54, 1.807) is 14.0 Å². The van der Waals surface area contributed by atoms with Crippen LogP contribution in [0.15, 0.2) is 4.99 Å². The van der Waals surface area contributed by atoms with E-state index in [0.717, 1.165) is 38.4 Å². The predicted octanol–water partition coefficient (Wildman–Crippen LogP) is 0.844. The second kappa shape index (κ2) is 13.5. The molecule has 1 aliphatic rings. The summed E-state index contributed by atoms with van der Waals surface area (Å²) in [6.07, 6.45) is 3.20. The molecule has 154 valence electrons. The molecule has 1 saturated heterocycles. The second-order valence-electron chi connectivity index (χ2n) is 6.10. The first-order valence-corrected chi connectivity index (χ1v) is 10.8. The number of likely N-dealkylation sites (tertiary alicyclic amines) is 1. The van der Waals surface area contributed by atoms with Gasteiger partial charge in [-0.2, -0.15) is 0 Å². The van der Waals surface area contributed by atoms with Gasteiger partial charge in [-0.15, -0.1) is 24.0 Å². The fraction of sp³-hybridized carbons (Fsp3) is 0.875. The number of hydrogen-bond acceptors (Lipinski definition) is 4. The number of hydrogen-bond donors (Lipinski definition) is 2. The highest BCUT2D eigenvalue weighted by Gasteiger charge is 2.18. The normalized spacial score (nSPS) is 15.3. The van der Waals surface area contributed by atoms with Crippen LogP contribution >= 0.6 is 24.0 Å². The molecule has 0 radical (unpaired) electrons. The minimum Gasteiger partial charge on any atom is -0.357 e. The van der Waals surface area contributed by atoms with Crippen molar-refractivity contribution in [2.24, 2.45) is 4.99 Å². The van der Waals surface area contributed by atoms with Gasteiger partial charge in [-0.3, -0.25) is 9.79 Å². The Hall–Kier alpha value is -0.620. The van der Waals surface area contributed by atoms with Crippen LogP contribution in [0.1, 0.15) is 39.5 Å². The Morgan fingerprint density at radius 2 is 2.00 bits per heavy atom. The Balaban J connectivity index is 0.00000625. The van der Waals surface area contributed by atoms with Crippen molar-refractivity contribution in [3.63, 3.8) is 0 Å². The highest BCUT2D eigenvalue weighted by molar-refractivity contribution is 14.0. The average Bonchev–Trinajstić information content (AvgIpc) is 3.00. The number of sulfonamides is 1. The minimum absolute atomic E-state index is 0. The van der Waals surface area contributed by atoms with E-state index in [2.05, 4.69) is 15.6 Å². The zero-order valence-electron chi connectivity index (χ0n) is 16.2. The molecule has 10 heteroatoms. The van der Waals surface area contributed by atoms with Gasteiger partial charge in [0.15, 0.2) is 5.96 Å². The third-order valence-electron chi connectivity index (χ3n) is 4.15. The van der Waals surface area contributed by atoms with E-state index in [9.17, 15) is 13.2 Å². The first-order valence-electron chi connectivity index (χ1n) is 9.14. The smallest absolute Gasteiger partial charge is 0.222 e. The van der Waals surface area contributed by atoms with Crippen LogP contribution in [0.25, 0.3) is 0 Å². The van der Waals surface area contributed by atoms with Gasteiger partial charge in [0.2, 0.25) is 15.9 Å². The lowest BCUT2D eigenvalue weighted by Crippen LogP contribution is -2.39. The van der Waals surface area contributed by atoms with Crippen molar-refractivity contribution in [2.75, 3.05) is 52.1 Å². The van der Waals surface area contributed by atoms with Crippen molar-refractivity contribution < 1.29 is 13.2 Å². The Kier molecular flexibility index (Phi) is 13.2. The summed E-state index contributed by atoms with van der Waals surface area (Å²) < 4.78 is 24.8. The molecule has 0 aromatic rings. The van der Waals surface area contributed by atoms with Crippen LogP contribution < -0.4 is 10.6 Å². The fourth-order valence-electron chi connectivity index (χ4n) is 2.60. The van der Waals surface area contributed by atoms with E-state index in [0.29, 0.717) is 32.5 Å². The summed E-state index contributed by atoms with van der Waals surface area (Å²) >= 11 is 0. The number of guanidine groups is 1. The number of nitrogens with zero attached hydrogens (tertiary/aromatic N) is 3. The molecule has 26 heavy (non-hydrogen) atoms. The zero-order chi connectivity index (χ0) is 18.7. The molecule has 0 aliphatic carbocycles. The second-order valence-corrected chi connectivity index (χ2v) is 8.47. The maximum Gasteiger partial charge on any atom is 0.222 e. The zero-order valence-corrected chi connectivity index (χ0v) is 19.3. The molecule has 0 atom stereocenters. The number of nitrogens with one attached hydrogen (secondary N) is 2. The number of carbonyl (C=O) groups is 1. The van der Waals surface area contributed by atoms with Crippen molar-refractivity contribution in [3.8, 4) is 0 Å². The van der Waals surface area contributed by atoms with Crippen LogP contribution in [-0.4, -0.2) is 81.6 Å². The molecule has 0 spiro atoms. The van der Waals surface area contributed by atoms with Crippen LogP contribution in [0.3, 0.4) is 0 Å². The predicted molar refractivity (Wildman–Crippen MR) is 117 cm³/mol. The maximum absolute atomic E-state index is 11.7. The Morgan fingerprint density at radius 3 is 2.58 bits per heavy atom. The summed E-state index contributed by atoms with van der Waals surface area (Å²) in [4.78, 5) is 18.0. The summed E-state index contributed by atoms with van der Waals surface area (Å²) in [7, 11) is -1.50. The molecule has 1 fully saturated rings. The molecule has 1 heterocycles. The molecule has 0 unspecified atom stereocenters. The number of halogens is 1. The molecule has 0 aromatic carbocycles. The Morgan fingerprint density at radius 1 is 1.27 bits per heavy atom. The molecule has 1 amide bonds. The summed E-state index contributed by atoms with van der Waals surface area (Å²) in [5.74, 6) is 1.11. The molecular weight excluding hydrogens is 469 g/mol. The quantitative estimate of drug-likeness (QED) is 0.189. The van der Waals surface area contributed by atoms with Crippen molar-refractivity contribution in [2.45, 2.75) is 39.5 Å². The lowest BCUT2D eigenvalue weighted by molar-refractivity contribution is -0.127. The fourth-order valence-corrected chi connectivity index (χ4v) is 3.45. The summed E-state index contributed by atoms with van der Waals surface area (Å²) in [6, 6.07) is 0. The first kappa shape index (κ1) is 25.4. The van der Waals surface area contributed by atoms with Crippen molar-refractivity contribution in [1.29, 1.82) is 0 Å². The SMILES string of the molecule is CCNC(=NCCCN1CCCC1=O)NCCCN(C)S(=O)(=O)CC.I. The van der Waals surface area contributed by atoms with Crippen molar-refractivity contribution in [1.82, 2.24) is 19.8 Å². The van der Waals surface area contributed by atoms with Gasteiger partial charge in [0.1, 0.15) is 0 Å². The minimum atomic E-state index is -3.11. The lowest BCUT2D eigenvalue weighted by Gasteiger charge is -2.17. The van der Waals surface area contributed by atoms with E-state index < -0.39 is 10.0 Å². The number of rotatable bonds is 11. The van der Waals surface area contributed by atoms with E-state index in [4.69, 9.17) is 0 Å². The van der Waals surface area contributed by atoms with Gasteiger partial charge in [0.25, 0.3) is 0 Å². The summed E-state index contributed by atoms with van der Waals surface area (Å²) in [5.41, 5.74) is 0. The molecule has 0 aromatic heterocycles. The molecular formula is C16H34IN5O3S. The van der Waals surface area contributed by atoms with Gasteiger partial charge < -0.3 is 15.5 Å². The van der Waals surface area contributed by atoms with Gasteiger partial charge in [-0.25, -0.2) is 12.7 Å². The third kappa shape index (κ3) is 9.36. The van der Waals surface area contributed by atoms with Gasteiger partial charge >= 0.3 is 0 Å². The Labute approximate surface area is 175 Å². The molecule has 8 nitrogen and oxygen atoms in total. The van der Waals surface area contributed by atoms with Crippen molar-refractivity contribution >= 4 is 45.9 Å². The average molecular weight is 503 g/mol. The highest BCUT2D eigenvalue weighted by atomic mass is 127. The molecule has 0 saturated carbocycles. The van der Waals surface area contributed by atoms with Crippen LogP contribution in [0, 0.1) is 0 Å². The maximum atomic E-state index is 11.7. The summed E-state index contributed by atoms with van der Waals surface area (Å²) in [6.45, 7) is 7.84. The van der Waals surface area contributed by atoms with E-state index in [1.807, 2.05) is 11.8 Å². The number of aliphatic imine (C=N–C) groups is 1. The number of carbonyl (C=O) groups excluding carboxylic acids is 1. The highest BCUT2D eigenvalue weighted by Crippen LogP contribution is 2.09. The Bertz CT molecular complexity index is 542. The van der Waals surface area contributed by atoms with E-state index in [1.165, 1.54) is 4.31 Å². The monoisotopic (exact) mass is 503 g/mol. The van der Waals surface area contributed by atoms with Gasteiger partial charge in [0.05, 0.1) is 5.75 Å². The molecule has 2 N–H and O–H groups in total. The lowest BCUT2D eigenvalue weighted by atomic mass is 10.4. The number of amides is 1. The largest absolute Gasteiger partial charge is 0.357 e. The topological polar surface area (TPSA) is 94.1 Å². The molecule has 1 rings (SSSR count). The first-order chi connectivity index (χ1) is 11.9. The van der Waals surface area contributed by atoms with Crippen LogP contribution in [0.5, 0.6) is 0 Å².